The van der Waals surface area contributed by atoms with Crippen molar-refractivity contribution in [1.82, 2.24) is 20.0 Å². The third-order valence-corrected chi connectivity index (χ3v) is 4.63. The maximum atomic E-state index is 13.8. The topological polar surface area (TPSA) is 35.2 Å². The lowest BCUT2D eigenvalue weighted by atomic mass is 10.0. The molecule has 1 aliphatic rings. The van der Waals surface area contributed by atoms with Crippen LogP contribution in [0.2, 0.25) is 0 Å². The van der Waals surface area contributed by atoms with E-state index >= 15 is 0 Å². The van der Waals surface area contributed by atoms with Gasteiger partial charge in [-0.1, -0.05) is 18.2 Å². The quantitative estimate of drug-likeness (QED) is 0.921. The van der Waals surface area contributed by atoms with Crippen molar-refractivity contribution in [3.63, 3.8) is 0 Å². The second-order valence-electron chi connectivity index (χ2n) is 6.58. The molecule has 1 atom stereocenters. The van der Waals surface area contributed by atoms with Crippen LogP contribution in [0.15, 0.2) is 30.3 Å². The number of benzene rings is 1. The molecule has 0 saturated carbocycles. The van der Waals surface area contributed by atoms with Crippen LogP contribution in [-0.2, 0) is 13.1 Å². The summed E-state index contributed by atoms with van der Waals surface area (Å²) in [5.41, 5.74) is 2.97. The third kappa shape index (κ3) is 4.18. The molecule has 0 bridgehead atoms. The van der Waals surface area contributed by atoms with Gasteiger partial charge in [-0.25, -0.2) is 4.39 Å². The molecule has 3 rings (SSSR count). The Balaban J connectivity index is 1.58. The number of piperidine rings is 1. The van der Waals surface area contributed by atoms with Crippen LogP contribution in [-0.4, -0.2) is 46.2 Å². The van der Waals surface area contributed by atoms with E-state index in [0.717, 1.165) is 43.0 Å². The summed E-state index contributed by atoms with van der Waals surface area (Å²) < 4.78 is 13.8. The van der Waals surface area contributed by atoms with Crippen molar-refractivity contribution in [2.24, 2.45) is 0 Å². The Kier molecular flexibility index (Phi) is 5.08. The van der Waals surface area contributed by atoms with Crippen LogP contribution >= 0.6 is 0 Å². The molecular weight excluding hydrogens is 291 g/mol. The number of likely N-dealkylation sites (tertiary alicyclic amines) is 1. The summed E-state index contributed by atoms with van der Waals surface area (Å²) in [7, 11) is 2.15. The summed E-state index contributed by atoms with van der Waals surface area (Å²) >= 11 is 0. The fraction of sp³-hybridized carbons (Fsp3) is 0.500. The van der Waals surface area contributed by atoms with Crippen LogP contribution in [0.25, 0.3) is 0 Å². The summed E-state index contributed by atoms with van der Waals surface area (Å²) in [6, 6.07) is 9.67. The highest BCUT2D eigenvalue weighted by Crippen LogP contribution is 2.19. The van der Waals surface area contributed by atoms with Gasteiger partial charge in [0, 0.05) is 36.9 Å². The minimum absolute atomic E-state index is 0.102. The number of rotatable bonds is 5. The molecule has 23 heavy (non-hydrogen) atoms. The van der Waals surface area contributed by atoms with Gasteiger partial charge in [-0.2, -0.15) is 5.10 Å². The zero-order chi connectivity index (χ0) is 16.2. The van der Waals surface area contributed by atoms with Crippen LogP contribution in [0.4, 0.5) is 4.39 Å². The molecule has 5 heteroatoms. The van der Waals surface area contributed by atoms with Gasteiger partial charge in [0.15, 0.2) is 0 Å². The molecule has 1 unspecified atom stereocenters. The molecule has 0 amide bonds. The molecule has 0 aliphatic carbocycles. The Labute approximate surface area is 137 Å². The normalized spacial score (nSPS) is 19.4. The van der Waals surface area contributed by atoms with Crippen LogP contribution < -0.4 is 0 Å². The molecule has 1 saturated heterocycles. The molecule has 0 radical (unpaired) electrons. The first-order valence-corrected chi connectivity index (χ1v) is 8.28. The maximum Gasteiger partial charge on any atom is 0.127 e. The molecule has 1 aromatic carbocycles. The predicted octanol–water partition coefficient (Wildman–Crippen LogP) is 2.95. The van der Waals surface area contributed by atoms with E-state index < -0.39 is 0 Å². The zero-order valence-electron chi connectivity index (χ0n) is 13.9. The zero-order valence-corrected chi connectivity index (χ0v) is 13.9. The Bertz CT molecular complexity index is 639. The van der Waals surface area contributed by atoms with E-state index in [-0.39, 0.29) is 5.82 Å². The number of nitrogens with zero attached hydrogens (tertiary/aromatic N) is 3. The second kappa shape index (κ2) is 7.23. The lowest BCUT2D eigenvalue weighted by molar-refractivity contribution is 0.105. The second-order valence-corrected chi connectivity index (χ2v) is 6.58. The fourth-order valence-electron chi connectivity index (χ4n) is 3.34. The highest BCUT2D eigenvalue weighted by Gasteiger charge is 2.24. The first-order chi connectivity index (χ1) is 11.1. The number of aryl methyl sites for hydroxylation is 1. The molecule has 124 valence electrons. The van der Waals surface area contributed by atoms with Crippen LogP contribution in [0, 0.1) is 12.7 Å². The molecule has 2 heterocycles. The molecule has 1 aromatic heterocycles. The Hall–Kier alpha value is -1.72. The van der Waals surface area contributed by atoms with Crippen LogP contribution in [0.1, 0.15) is 29.8 Å². The van der Waals surface area contributed by atoms with Gasteiger partial charge in [0.05, 0.1) is 5.69 Å². The Morgan fingerprint density at radius 2 is 2.22 bits per heavy atom. The first-order valence-electron chi connectivity index (χ1n) is 8.28. The van der Waals surface area contributed by atoms with Gasteiger partial charge in [-0.05, 0) is 45.5 Å². The third-order valence-electron chi connectivity index (χ3n) is 4.63. The minimum Gasteiger partial charge on any atom is -0.297 e. The standard InChI is InChI=1S/C18H25FN4/c1-14-10-16(21-20-14)12-22(2)17-7-5-9-23(13-17)11-15-6-3-4-8-18(15)19/h3-4,6,8,10,17H,5,7,9,11-13H2,1-2H3,(H,20,21). The maximum absolute atomic E-state index is 13.8. The van der Waals surface area contributed by atoms with E-state index in [1.54, 1.807) is 12.1 Å². The molecule has 4 nitrogen and oxygen atoms in total. The van der Waals surface area contributed by atoms with E-state index in [2.05, 4.69) is 33.1 Å². The van der Waals surface area contributed by atoms with Crippen molar-refractivity contribution in [1.29, 1.82) is 0 Å². The lowest BCUT2D eigenvalue weighted by Gasteiger charge is -2.37. The van der Waals surface area contributed by atoms with Gasteiger partial charge in [0.1, 0.15) is 5.82 Å². The van der Waals surface area contributed by atoms with Crippen molar-refractivity contribution >= 4 is 0 Å². The average molecular weight is 316 g/mol. The summed E-state index contributed by atoms with van der Waals surface area (Å²) in [6.45, 7) is 5.59. The smallest absolute Gasteiger partial charge is 0.127 e. The molecular formula is C18H25FN4. The predicted molar refractivity (Wildman–Crippen MR) is 89.5 cm³/mol. The van der Waals surface area contributed by atoms with Gasteiger partial charge in [-0.3, -0.25) is 14.9 Å². The molecule has 0 spiro atoms. The number of nitrogens with one attached hydrogen (secondary N) is 1. The highest BCUT2D eigenvalue weighted by molar-refractivity contribution is 5.17. The van der Waals surface area contributed by atoms with Crippen LogP contribution in [0.3, 0.4) is 0 Å². The Morgan fingerprint density at radius 1 is 1.39 bits per heavy atom. The summed E-state index contributed by atoms with van der Waals surface area (Å²) in [5.74, 6) is -0.102. The van der Waals surface area contributed by atoms with E-state index in [4.69, 9.17) is 0 Å². The van der Waals surface area contributed by atoms with Crippen molar-refractivity contribution in [3.8, 4) is 0 Å². The molecule has 1 N–H and O–H groups in total. The number of aromatic amines is 1. The number of likely N-dealkylation sites (N-methyl/N-ethyl adjacent to an activating group) is 1. The van der Waals surface area contributed by atoms with Gasteiger partial charge >= 0.3 is 0 Å². The van der Waals surface area contributed by atoms with Gasteiger partial charge in [0.25, 0.3) is 0 Å². The highest BCUT2D eigenvalue weighted by atomic mass is 19.1. The van der Waals surface area contributed by atoms with E-state index in [9.17, 15) is 4.39 Å². The number of H-pyrrole nitrogens is 1. The average Bonchev–Trinajstić information content (AvgIpc) is 2.95. The van der Waals surface area contributed by atoms with Gasteiger partial charge < -0.3 is 0 Å². The summed E-state index contributed by atoms with van der Waals surface area (Å²) in [5, 5.41) is 7.31. The number of hydrogen-bond acceptors (Lipinski definition) is 3. The van der Waals surface area contributed by atoms with Crippen molar-refractivity contribution in [2.45, 2.75) is 38.9 Å². The van der Waals surface area contributed by atoms with Crippen molar-refractivity contribution < 1.29 is 4.39 Å². The van der Waals surface area contributed by atoms with Crippen molar-refractivity contribution in [3.05, 3.63) is 53.1 Å². The van der Waals surface area contributed by atoms with Gasteiger partial charge in [0.2, 0.25) is 0 Å². The largest absolute Gasteiger partial charge is 0.297 e. The SMILES string of the molecule is Cc1cc(CN(C)C2CCCN(Cc3ccccc3F)C2)n[nH]1. The molecule has 1 fully saturated rings. The summed E-state index contributed by atoms with van der Waals surface area (Å²) in [4.78, 5) is 4.72. The van der Waals surface area contributed by atoms with E-state index in [1.165, 1.54) is 6.42 Å². The fourth-order valence-corrected chi connectivity index (χ4v) is 3.34. The van der Waals surface area contributed by atoms with E-state index in [0.29, 0.717) is 12.6 Å². The van der Waals surface area contributed by atoms with Crippen molar-refractivity contribution in [2.75, 3.05) is 20.1 Å². The molecule has 1 aliphatic heterocycles. The minimum atomic E-state index is -0.102. The van der Waals surface area contributed by atoms with E-state index in [1.807, 2.05) is 19.1 Å². The Morgan fingerprint density at radius 3 is 2.96 bits per heavy atom. The monoisotopic (exact) mass is 316 g/mol. The summed E-state index contributed by atoms with van der Waals surface area (Å²) in [6.07, 6.45) is 2.34. The van der Waals surface area contributed by atoms with Crippen LogP contribution in [0.5, 0.6) is 0 Å². The number of aromatic nitrogens is 2. The van der Waals surface area contributed by atoms with Gasteiger partial charge in [-0.15, -0.1) is 0 Å². The first kappa shape index (κ1) is 16.1. The molecule has 2 aromatic rings. The number of halogens is 1. The lowest BCUT2D eigenvalue weighted by Crippen LogP contribution is -2.45. The number of hydrogen-bond donors (Lipinski definition) is 1.